The Morgan fingerprint density at radius 2 is 1.91 bits per heavy atom. The van der Waals surface area contributed by atoms with Crippen molar-refractivity contribution in [1.29, 1.82) is 0 Å². The Labute approximate surface area is 140 Å². The van der Waals surface area contributed by atoms with Gasteiger partial charge in [-0.15, -0.1) is 12.4 Å². The molecular weight excluding hydrogens is 302 g/mol. The zero-order chi connectivity index (χ0) is 15.9. The molecule has 0 radical (unpaired) electrons. The van der Waals surface area contributed by atoms with E-state index in [4.69, 9.17) is 5.73 Å². The first kappa shape index (κ1) is 21.2. The van der Waals surface area contributed by atoms with Gasteiger partial charge in [0.2, 0.25) is 11.8 Å². The van der Waals surface area contributed by atoms with E-state index in [9.17, 15) is 9.59 Å². The molecule has 0 bridgehead atoms. The summed E-state index contributed by atoms with van der Waals surface area (Å²) in [7, 11) is 0. The summed E-state index contributed by atoms with van der Waals surface area (Å²) in [5.41, 5.74) is 5.44. The number of piperidine rings is 1. The van der Waals surface area contributed by atoms with Crippen LogP contribution in [0.5, 0.6) is 0 Å². The van der Waals surface area contributed by atoms with E-state index in [1.54, 1.807) is 0 Å². The topological polar surface area (TPSA) is 75.4 Å². The van der Waals surface area contributed by atoms with Gasteiger partial charge in [-0.25, -0.2) is 0 Å². The number of nitrogens with two attached hydrogens (primary N) is 1. The smallest absolute Gasteiger partial charge is 0.230 e. The second kappa shape index (κ2) is 10.1. The third kappa shape index (κ3) is 5.13. The monoisotopic (exact) mass is 333 g/mol. The highest BCUT2D eigenvalue weighted by Gasteiger charge is 2.38. The Balaban J connectivity index is 0.00000441. The summed E-state index contributed by atoms with van der Waals surface area (Å²) in [5.74, 6) is 0.248. The van der Waals surface area contributed by atoms with Crippen molar-refractivity contribution in [3.63, 3.8) is 0 Å². The third-order valence-electron chi connectivity index (χ3n) is 4.75. The Hall–Kier alpha value is -0.810. The van der Waals surface area contributed by atoms with Crippen LogP contribution in [-0.2, 0) is 9.59 Å². The van der Waals surface area contributed by atoms with Gasteiger partial charge < -0.3 is 16.0 Å². The highest BCUT2D eigenvalue weighted by atomic mass is 35.5. The van der Waals surface area contributed by atoms with Gasteiger partial charge in [0.05, 0.1) is 5.41 Å². The molecule has 0 aromatic rings. The molecule has 0 saturated carbocycles. The third-order valence-corrected chi connectivity index (χ3v) is 4.75. The quantitative estimate of drug-likeness (QED) is 0.749. The van der Waals surface area contributed by atoms with Crippen LogP contribution in [0.2, 0.25) is 0 Å². The van der Waals surface area contributed by atoms with Gasteiger partial charge in [-0.1, -0.05) is 20.8 Å². The highest BCUT2D eigenvalue weighted by molar-refractivity contribution is 5.85. The predicted molar refractivity (Wildman–Crippen MR) is 92.0 cm³/mol. The molecule has 3 N–H and O–H groups in total. The fourth-order valence-corrected chi connectivity index (χ4v) is 3.07. The van der Waals surface area contributed by atoms with E-state index in [1.165, 1.54) is 0 Å². The van der Waals surface area contributed by atoms with Crippen molar-refractivity contribution >= 4 is 24.2 Å². The number of nitrogens with one attached hydrogen (secondary N) is 1. The molecule has 1 atom stereocenters. The average molecular weight is 334 g/mol. The zero-order valence-corrected chi connectivity index (χ0v) is 15.0. The van der Waals surface area contributed by atoms with Crippen LogP contribution in [0.15, 0.2) is 0 Å². The van der Waals surface area contributed by atoms with E-state index in [-0.39, 0.29) is 30.3 Å². The standard InChI is InChI=1S/C16H31N3O2.ClH/c1-4-8-14(20)18-13-9-7-10-19(11-13)15(21)16(5-2,6-3)12-17;/h13H,4-12,17H2,1-3H3,(H,18,20);1H. The van der Waals surface area contributed by atoms with Crippen molar-refractivity contribution in [3.05, 3.63) is 0 Å². The number of carbonyl (C=O) groups excluding carboxylic acids is 2. The summed E-state index contributed by atoms with van der Waals surface area (Å²) in [6, 6.07) is 0.0888. The van der Waals surface area contributed by atoms with Crippen LogP contribution in [0.25, 0.3) is 0 Å². The minimum absolute atomic E-state index is 0. The largest absolute Gasteiger partial charge is 0.352 e. The van der Waals surface area contributed by atoms with Gasteiger partial charge in [0.25, 0.3) is 0 Å². The van der Waals surface area contributed by atoms with Crippen LogP contribution in [-0.4, -0.2) is 42.4 Å². The molecule has 1 fully saturated rings. The summed E-state index contributed by atoms with van der Waals surface area (Å²) in [6.07, 6.45) is 4.83. The van der Waals surface area contributed by atoms with E-state index in [0.717, 1.165) is 38.6 Å². The van der Waals surface area contributed by atoms with E-state index >= 15 is 0 Å². The second-order valence-electron chi connectivity index (χ2n) is 6.10. The minimum atomic E-state index is -0.435. The summed E-state index contributed by atoms with van der Waals surface area (Å²) < 4.78 is 0. The molecule has 22 heavy (non-hydrogen) atoms. The Kier molecular flexibility index (Phi) is 9.69. The molecule has 1 aliphatic heterocycles. The Morgan fingerprint density at radius 1 is 1.27 bits per heavy atom. The second-order valence-corrected chi connectivity index (χ2v) is 6.10. The lowest BCUT2D eigenvalue weighted by molar-refractivity contribution is -0.144. The fraction of sp³-hybridized carbons (Fsp3) is 0.875. The molecule has 2 amide bonds. The molecule has 0 aliphatic carbocycles. The van der Waals surface area contributed by atoms with Crippen LogP contribution in [0.1, 0.15) is 59.3 Å². The summed E-state index contributed by atoms with van der Waals surface area (Å²) in [6.45, 7) is 7.84. The van der Waals surface area contributed by atoms with Crippen molar-refractivity contribution in [2.45, 2.75) is 65.3 Å². The SMILES string of the molecule is CCCC(=O)NC1CCCN(C(=O)C(CC)(CC)CN)C1.Cl. The normalized spacial score (nSPS) is 18.5. The molecule has 1 rings (SSSR count). The molecule has 1 aliphatic rings. The molecular formula is C16H32ClN3O2. The Bertz CT molecular complexity index is 351. The molecule has 1 heterocycles. The number of carbonyl (C=O) groups is 2. The summed E-state index contributed by atoms with van der Waals surface area (Å²) in [5, 5.41) is 3.05. The van der Waals surface area contributed by atoms with Gasteiger partial charge in [0, 0.05) is 32.1 Å². The maximum Gasteiger partial charge on any atom is 0.230 e. The maximum absolute atomic E-state index is 12.8. The van der Waals surface area contributed by atoms with Gasteiger partial charge in [0.15, 0.2) is 0 Å². The molecule has 5 nitrogen and oxygen atoms in total. The van der Waals surface area contributed by atoms with Gasteiger partial charge >= 0.3 is 0 Å². The van der Waals surface area contributed by atoms with Crippen LogP contribution >= 0.6 is 12.4 Å². The fourth-order valence-electron chi connectivity index (χ4n) is 3.07. The molecule has 0 aromatic carbocycles. The number of nitrogens with zero attached hydrogens (tertiary/aromatic N) is 1. The molecule has 130 valence electrons. The van der Waals surface area contributed by atoms with Crippen molar-refractivity contribution in [3.8, 4) is 0 Å². The molecule has 0 spiro atoms. The van der Waals surface area contributed by atoms with Gasteiger partial charge in [0.1, 0.15) is 0 Å². The van der Waals surface area contributed by atoms with Crippen LogP contribution in [0, 0.1) is 5.41 Å². The first-order chi connectivity index (χ1) is 10.0. The molecule has 1 unspecified atom stereocenters. The number of likely N-dealkylation sites (tertiary alicyclic amines) is 1. The van der Waals surface area contributed by atoms with Crippen LogP contribution in [0.4, 0.5) is 0 Å². The summed E-state index contributed by atoms with van der Waals surface area (Å²) in [4.78, 5) is 26.4. The van der Waals surface area contributed by atoms with Gasteiger partial charge in [-0.05, 0) is 32.1 Å². The number of rotatable bonds is 7. The lowest BCUT2D eigenvalue weighted by Crippen LogP contribution is -2.54. The van der Waals surface area contributed by atoms with Gasteiger partial charge in [-0.3, -0.25) is 9.59 Å². The first-order valence-corrected chi connectivity index (χ1v) is 8.31. The molecule has 0 aromatic heterocycles. The van der Waals surface area contributed by atoms with E-state index < -0.39 is 5.41 Å². The summed E-state index contributed by atoms with van der Waals surface area (Å²) >= 11 is 0. The predicted octanol–water partition coefficient (Wildman–Crippen LogP) is 2.08. The minimum Gasteiger partial charge on any atom is -0.352 e. The van der Waals surface area contributed by atoms with Crippen LogP contribution in [0.3, 0.4) is 0 Å². The van der Waals surface area contributed by atoms with E-state index in [0.29, 0.717) is 19.5 Å². The first-order valence-electron chi connectivity index (χ1n) is 8.31. The zero-order valence-electron chi connectivity index (χ0n) is 14.2. The average Bonchev–Trinajstić information content (AvgIpc) is 2.50. The highest BCUT2D eigenvalue weighted by Crippen LogP contribution is 2.29. The van der Waals surface area contributed by atoms with Crippen molar-refractivity contribution in [2.24, 2.45) is 11.1 Å². The molecule has 1 saturated heterocycles. The van der Waals surface area contributed by atoms with Crippen molar-refractivity contribution in [2.75, 3.05) is 19.6 Å². The van der Waals surface area contributed by atoms with Crippen molar-refractivity contribution < 1.29 is 9.59 Å². The lowest BCUT2D eigenvalue weighted by atomic mass is 9.80. The number of amides is 2. The number of hydrogen-bond donors (Lipinski definition) is 2. The van der Waals surface area contributed by atoms with Crippen LogP contribution < -0.4 is 11.1 Å². The lowest BCUT2D eigenvalue weighted by Gasteiger charge is -2.39. The molecule has 6 heteroatoms. The number of halogens is 1. The Morgan fingerprint density at radius 3 is 2.41 bits per heavy atom. The maximum atomic E-state index is 12.8. The van der Waals surface area contributed by atoms with Crippen molar-refractivity contribution in [1.82, 2.24) is 10.2 Å². The van der Waals surface area contributed by atoms with E-state index in [2.05, 4.69) is 5.32 Å². The number of hydrogen-bond acceptors (Lipinski definition) is 3. The van der Waals surface area contributed by atoms with Gasteiger partial charge in [-0.2, -0.15) is 0 Å². The van der Waals surface area contributed by atoms with E-state index in [1.807, 2.05) is 25.7 Å².